The topological polar surface area (TPSA) is 92.6 Å². The molecule has 0 atom stereocenters. The second kappa shape index (κ2) is 9.29. The van der Waals surface area contributed by atoms with E-state index in [-0.39, 0.29) is 23.7 Å². The Morgan fingerprint density at radius 3 is 2.30 bits per heavy atom. The summed E-state index contributed by atoms with van der Waals surface area (Å²) in [5, 5.41) is 4.35. The lowest BCUT2D eigenvalue weighted by Crippen LogP contribution is -2.39. The molecule has 2 heterocycles. The van der Waals surface area contributed by atoms with Gasteiger partial charge in [0.2, 0.25) is 15.5 Å². The second-order valence-corrected chi connectivity index (χ2v) is 10.0. The first-order chi connectivity index (χ1) is 15.8. The molecule has 0 spiro atoms. The zero-order valence-electron chi connectivity index (χ0n) is 18.6. The van der Waals surface area contributed by atoms with Crippen LogP contribution in [0.2, 0.25) is 0 Å². The molecule has 2 aromatic carbocycles. The quantitative estimate of drug-likeness (QED) is 0.589. The fraction of sp³-hybridized carbons (Fsp3) is 0.292. The smallest absolute Gasteiger partial charge is 0.278 e. The number of aromatic nitrogens is 2. The predicted octanol–water partition coefficient (Wildman–Crippen LogP) is 2.39. The summed E-state index contributed by atoms with van der Waals surface area (Å²) in [5.74, 6) is -0.487. The summed E-state index contributed by atoms with van der Waals surface area (Å²) < 4.78 is 29.1. The van der Waals surface area contributed by atoms with Crippen LogP contribution in [0.25, 0.3) is 5.69 Å². The van der Waals surface area contributed by atoms with Crippen molar-refractivity contribution in [1.82, 2.24) is 19.0 Å². The van der Waals surface area contributed by atoms with Crippen molar-refractivity contribution in [3.8, 4) is 5.69 Å². The van der Waals surface area contributed by atoms with Crippen LogP contribution in [0.3, 0.4) is 0 Å². The Hall–Kier alpha value is -3.30. The minimum Gasteiger partial charge on any atom is -0.336 e. The van der Waals surface area contributed by atoms with Crippen LogP contribution in [0.4, 0.5) is 0 Å². The number of sulfonamides is 1. The van der Waals surface area contributed by atoms with E-state index >= 15 is 0 Å². The minimum atomic E-state index is -3.66. The first kappa shape index (κ1) is 22.9. The van der Waals surface area contributed by atoms with Crippen molar-refractivity contribution in [2.24, 2.45) is 0 Å². The van der Waals surface area contributed by atoms with Gasteiger partial charge >= 0.3 is 0 Å². The lowest BCUT2D eigenvalue weighted by atomic mass is 10.2. The number of aryl methyl sites for hydroxylation is 2. The number of hydrogen-bond acceptors (Lipinski definition) is 5. The van der Waals surface area contributed by atoms with Gasteiger partial charge in [0.05, 0.1) is 10.6 Å². The van der Waals surface area contributed by atoms with Crippen LogP contribution >= 0.6 is 0 Å². The molecule has 1 saturated heterocycles. The second-order valence-electron chi connectivity index (χ2n) is 8.11. The SMILES string of the molecule is Cc1ccc(S(=O)(=O)N2CCCN(C(=O)c3nn(-c4ccccc4)c(C)cc3=O)CC2)cc1. The van der Waals surface area contributed by atoms with Crippen molar-refractivity contribution in [1.29, 1.82) is 0 Å². The molecule has 0 unspecified atom stereocenters. The van der Waals surface area contributed by atoms with E-state index in [0.717, 1.165) is 11.3 Å². The highest BCUT2D eigenvalue weighted by Gasteiger charge is 2.30. The maximum absolute atomic E-state index is 13.2. The van der Waals surface area contributed by atoms with Crippen molar-refractivity contribution < 1.29 is 13.2 Å². The number of carbonyl (C=O) groups excluding carboxylic acids is 1. The predicted molar refractivity (Wildman–Crippen MR) is 125 cm³/mol. The molecule has 0 N–H and O–H groups in total. The Kier molecular flexibility index (Phi) is 6.44. The van der Waals surface area contributed by atoms with Gasteiger partial charge in [0.1, 0.15) is 0 Å². The van der Waals surface area contributed by atoms with Gasteiger partial charge < -0.3 is 4.90 Å². The molecule has 1 aliphatic rings. The Balaban J connectivity index is 1.56. The summed E-state index contributed by atoms with van der Waals surface area (Å²) >= 11 is 0. The van der Waals surface area contributed by atoms with Gasteiger partial charge in [-0.15, -0.1) is 0 Å². The van der Waals surface area contributed by atoms with Crippen LogP contribution in [-0.4, -0.2) is 59.5 Å². The number of rotatable bonds is 4. The fourth-order valence-corrected chi connectivity index (χ4v) is 5.34. The highest BCUT2D eigenvalue weighted by atomic mass is 32.2. The molecule has 1 aliphatic heterocycles. The summed E-state index contributed by atoms with van der Waals surface area (Å²) in [7, 11) is -3.66. The summed E-state index contributed by atoms with van der Waals surface area (Å²) in [4.78, 5) is 27.6. The van der Waals surface area contributed by atoms with Crippen molar-refractivity contribution in [2.45, 2.75) is 25.2 Å². The zero-order valence-corrected chi connectivity index (χ0v) is 19.5. The number of carbonyl (C=O) groups is 1. The van der Waals surface area contributed by atoms with Gasteiger partial charge in [-0.1, -0.05) is 35.9 Å². The molecule has 1 aromatic heterocycles. The normalized spacial score (nSPS) is 15.3. The number of benzene rings is 2. The van der Waals surface area contributed by atoms with Crippen LogP contribution in [0, 0.1) is 13.8 Å². The Bertz CT molecular complexity index is 1320. The van der Waals surface area contributed by atoms with Crippen LogP contribution in [0.1, 0.15) is 28.2 Å². The average molecular weight is 467 g/mol. The lowest BCUT2D eigenvalue weighted by Gasteiger charge is -2.22. The molecule has 0 saturated carbocycles. The first-order valence-electron chi connectivity index (χ1n) is 10.8. The third-order valence-corrected chi connectivity index (χ3v) is 7.62. The monoisotopic (exact) mass is 466 g/mol. The first-order valence-corrected chi connectivity index (χ1v) is 12.2. The Labute approximate surface area is 193 Å². The van der Waals surface area contributed by atoms with Crippen molar-refractivity contribution in [2.75, 3.05) is 26.2 Å². The Morgan fingerprint density at radius 2 is 1.61 bits per heavy atom. The number of nitrogens with zero attached hydrogens (tertiary/aromatic N) is 4. The number of amides is 1. The Morgan fingerprint density at radius 1 is 0.909 bits per heavy atom. The molecule has 0 aliphatic carbocycles. The van der Waals surface area contributed by atoms with E-state index in [4.69, 9.17) is 0 Å². The van der Waals surface area contributed by atoms with Crippen LogP contribution in [-0.2, 0) is 10.0 Å². The summed E-state index contributed by atoms with van der Waals surface area (Å²) in [6.07, 6.45) is 0.468. The van der Waals surface area contributed by atoms with E-state index in [0.29, 0.717) is 25.2 Å². The maximum atomic E-state index is 13.2. The largest absolute Gasteiger partial charge is 0.336 e. The standard InChI is InChI=1S/C24H26N4O4S/c1-18-9-11-21(12-10-18)33(31,32)27-14-6-13-26(15-16-27)24(30)23-22(29)17-19(2)28(25-23)20-7-4-3-5-8-20/h3-5,7-12,17H,6,13-16H2,1-2H3. The van der Waals surface area contributed by atoms with Gasteiger partial charge in [-0.25, -0.2) is 13.1 Å². The third kappa shape index (κ3) is 4.74. The summed E-state index contributed by atoms with van der Waals surface area (Å²) in [6.45, 7) is 4.64. The van der Waals surface area contributed by atoms with E-state index in [2.05, 4.69) is 5.10 Å². The molecule has 1 fully saturated rings. The minimum absolute atomic E-state index is 0.153. The average Bonchev–Trinajstić information content (AvgIpc) is 3.07. The lowest BCUT2D eigenvalue weighted by molar-refractivity contribution is 0.0755. The van der Waals surface area contributed by atoms with Gasteiger partial charge in [0, 0.05) is 37.9 Å². The molecule has 4 rings (SSSR count). The van der Waals surface area contributed by atoms with Gasteiger partial charge in [-0.3, -0.25) is 9.59 Å². The van der Waals surface area contributed by atoms with Gasteiger partial charge in [0.15, 0.2) is 5.69 Å². The van der Waals surface area contributed by atoms with Crippen LogP contribution in [0.5, 0.6) is 0 Å². The van der Waals surface area contributed by atoms with E-state index in [9.17, 15) is 18.0 Å². The van der Waals surface area contributed by atoms with E-state index in [1.807, 2.05) is 37.3 Å². The molecule has 0 radical (unpaired) electrons. The van der Waals surface area contributed by atoms with Crippen LogP contribution in [0.15, 0.2) is 70.4 Å². The van der Waals surface area contributed by atoms with Gasteiger partial charge in [-0.05, 0) is 44.5 Å². The molecular formula is C24H26N4O4S. The fourth-order valence-electron chi connectivity index (χ4n) is 3.87. The van der Waals surface area contributed by atoms with Crippen molar-refractivity contribution in [3.63, 3.8) is 0 Å². The molecule has 33 heavy (non-hydrogen) atoms. The number of para-hydroxylation sites is 1. The van der Waals surface area contributed by atoms with E-state index < -0.39 is 21.4 Å². The van der Waals surface area contributed by atoms with Gasteiger partial charge in [-0.2, -0.15) is 9.40 Å². The van der Waals surface area contributed by atoms with Gasteiger partial charge in [0.25, 0.3) is 5.91 Å². The molecule has 8 nitrogen and oxygen atoms in total. The number of hydrogen-bond donors (Lipinski definition) is 0. The van der Waals surface area contributed by atoms with Crippen molar-refractivity contribution in [3.05, 3.63) is 87.8 Å². The van der Waals surface area contributed by atoms with Crippen LogP contribution < -0.4 is 5.43 Å². The molecule has 9 heteroatoms. The third-order valence-electron chi connectivity index (χ3n) is 5.71. The molecule has 172 valence electrons. The zero-order chi connectivity index (χ0) is 23.6. The molecule has 0 bridgehead atoms. The summed E-state index contributed by atoms with van der Waals surface area (Å²) in [6, 6.07) is 17.4. The highest BCUT2D eigenvalue weighted by Crippen LogP contribution is 2.19. The summed E-state index contributed by atoms with van der Waals surface area (Å²) in [5.41, 5.74) is 1.73. The van der Waals surface area contributed by atoms with E-state index in [1.165, 1.54) is 15.3 Å². The maximum Gasteiger partial charge on any atom is 0.278 e. The molecular weight excluding hydrogens is 440 g/mol. The highest BCUT2D eigenvalue weighted by molar-refractivity contribution is 7.89. The van der Waals surface area contributed by atoms with Crippen molar-refractivity contribution >= 4 is 15.9 Å². The molecule has 3 aromatic rings. The molecule has 1 amide bonds. The van der Waals surface area contributed by atoms with E-state index in [1.54, 1.807) is 35.9 Å².